The lowest BCUT2D eigenvalue weighted by Gasteiger charge is -2.04. The van der Waals surface area contributed by atoms with Crippen molar-refractivity contribution < 1.29 is 13.9 Å². The Hall–Kier alpha value is -2.24. The molecule has 2 aromatic rings. The third-order valence-corrected chi connectivity index (χ3v) is 2.35. The van der Waals surface area contributed by atoms with Gasteiger partial charge in [0, 0.05) is 0 Å². The highest BCUT2D eigenvalue weighted by Crippen LogP contribution is 2.15. The number of carbonyl (C=O) groups excluding carboxylic acids is 1. The lowest BCUT2D eigenvalue weighted by Crippen LogP contribution is -2.06. The zero-order valence-electron chi connectivity index (χ0n) is 9.35. The number of aromatic nitrogens is 3. The van der Waals surface area contributed by atoms with Gasteiger partial charge in [-0.1, -0.05) is 17.3 Å². The fraction of sp³-hybridized carbons (Fsp3) is 0.182. The maximum atomic E-state index is 13.5. The van der Waals surface area contributed by atoms with Crippen LogP contribution in [0.2, 0.25) is 0 Å². The molecule has 0 bridgehead atoms. The second-order valence-corrected chi connectivity index (χ2v) is 3.38. The third-order valence-electron chi connectivity index (χ3n) is 2.35. The smallest absolute Gasteiger partial charge is 0.360 e. The van der Waals surface area contributed by atoms with Crippen molar-refractivity contribution in [3.8, 4) is 5.69 Å². The van der Waals surface area contributed by atoms with Crippen LogP contribution in [0.15, 0.2) is 24.3 Å². The molecule has 0 N–H and O–H groups in total. The molecule has 1 aromatic heterocycles. The van der Waals surface area contributed by atoms with Crippen molar-refractivity contribution >= 4 is 5.97 Å². The number of benzene rings is 1. The largest absolute Gasteiger partial charge is 0.464 e. The van der Waals surface area contributed by atoms with E-state index in [4.69, 9.17) is 0 Å². The normalized spacial score (nSPS) is 10.3. The molecular weight excluding hydrogens is 225 g/mol. The highest BCUT2D eigenvalue weighted by Gasteiger charge is 2.18. The minimum Gasteiger partial charge on any atom is -0.464 e. The van der Waals surface area contributed by atoms with Gasteiger partial charge in [-0.05, 0) is 19.1 Å². The lowest BCUT2D eigenvalue weighted by molar-refractivity contribution is 0.0593. The highest BCUT2D eigenvalue weighted by atomic mass is 19.1. The zero-order chi connectivity index (χ0) is 12.4. The number of nitrogens with zero attached hydrogens (tertiary/aromatic N) is 3. The Bertz CT molecular complexity index is 566. The second kappa shape index (κ2) is 4.32. The maximum Gasteiger partial charge on any atom is 0.360 e. The Morgan fingerprint density at radius 3 is 2.76 bits per heavy atom. The van der Waals surface area contributed by atoms with E-state index in [9.17, 15) is 9.18 Å². The van der Waals surface area contributed by atoms with E-state index in [-0.39, 0.29) is 11.4 Å². The van der Waals surface area contributed by atoms with Crippen molar-refractivity contribution in [1.82, 2.24) is 15.0 Å². The molecule has 1 aromatic carbocycles. The van der Waals surface area contributed by atoms with Crippen molar-refractivity contribution in [2.24, 2.45) is 0 Å². The summed E-state index contributed by atoms with van der Waals surface area (Å²) in [5, 5.41) is 7.42. The Balaban J connectivity index is 2.52. The molecule has 0 saturated carbocycles. The molecular formula is C11H10FN3O2. The summed E-state index contributed by atoms with van der Waals surface area (Å²) in [4.78, 5) is 11.3. The molecule has 0 unspecified atom stereocenters. The first-order valence-corrected chi connectivity index (χ1v) is 4.90. The minimum absolute atomic E-state index is 0.0794. The summed E-state index contributed by atoms with van der Waals surface area (Å²) in [5.41, 5.74) is 0.755. The standard InChI is InChI=1S/C11H10FN3O2/c1-7-10(11(16)17-2)13-14-15(7)9-6-4-3-5-8(9)12/h3-6H,1-2H3. The van der Waals surface area contributed by atoms with Gasteiger partial charge in [-0.3, -0.25) is 0 Å². The number of para-hydroxylation sites is 1. The van der Waals surface area contributed by atoms with Gasteiger partial charge in [0.05, 0.1) is 12.8 Å². The predicted molar refractivity (Wildman–Crippen MR) is 57.4 cm³/mol. The minimum atomic E-state index is -0.593. The van der Waals surface area contributed by atoms with Crippen LogP contribution in [0, 0.1) is 12.7 Å². The third kappa shape index (κ3) is 1.89. The molecule has 6 heteroatoms. The zero-order valence-corrected chi connectivity index (χ0v) is 9.35. The van der Waals surface area contributed by atoms with Crippen LogP contribution in [0.1, 0.15) is 16.2 Å². The molecule has 17 heavy (non-hydrogen) atoms. The number of hydrogen-bond donors (Lipinski definition) is 0. The van der Waals surface area contributed by atoms with Crippen LogP contribution in [0.3, 0.4) is 0 Å². The maximum absolute atomic E-state index is 13.5. The molecule has 0 spiro atoms. The van der Waals surface area contributed by atoms with Gasteiger partial charge in [-0.25, -0.2) is 13.9 Å². The van der Waals surface area contributed by atoms with Crippen LogP contribution in [-0.4, -0.2) is 28.1 Å². The second-order valence-electron chi connectivity index (χ2n) is 3.38. The van der Waals surface area contributed by atoms with Crippen LogP contribution in [-0.2, 0) is 4.74 Å². The first-order chi connectivity index (χ1) is 8.15. The molecule has 0 saturated heterocycles. The van der Waals surface area contributed by atoms with Crippen LogP contribution in [0.25, 0.3) is 5.69 Å². The lowest BCUT2D eigenvalue weighted by atomic mass is 10.3. The number of halogens is 1. The summed E-state index contributed by atoms with van der Waals surface area (Å²) in [7, 11) is 1.25. The molecule has 1 heterocycles. The topological polar surface area (TPSA) is 57.0 Å². The first kappa shape index (κ1) is 11.3. The van der Waals surface area contributed by atoms with Gasteiger partial charge in [0.15, 0.2) is 5.69 Å². The van der Waals surface area contributed by atoms with Gasteiger partial charge in [-0.15, -0.1) is 5.10 Å². The molecule has 0 radical (unpaired) electrons. The van der Waals surface area contributed by atoms with E-state index in [0.29, 0.717) is 5.69 Å². The predicted octanol–water partition coefficient (Wildman–Crippen LogP) is 1.50. The van der Waals surface area contributed by atoms with E-state index in [1.165, 1.54) is 17.9 Å². The Morgan fingerprint density at radius 1 is 1.41 bits per heavy atom. The fourth-order valence-electron chi connectivity index (χ4n) is 1.47. The van der Waals surface area contributed by atoms with E-state index in [1.807, 2.05) is 0 Å². The highest BCUT2D eigenvalue weighted by molar-refractivity contribution is 5.88. The summed E-state index contributed by atoms with van der Waals surface area (Å²) in [6, 6.07) is 6.12. The summed E-state index contributed by atoms with van der Waals surface area (Å²) in [5.74, 6) is -1.03. The van der Waals surface area contributed by atoms with E-state index in [2.05, 4.69) is 15.0 Å². The number of rotatable bonds is 2. The quantitative estimate of drug-likeness (QED) is 0.740. The van der Waals surface area contributed by atoms with E-state index < -0.39 is 11.8 Å². The SMILES string of the molecule is COC(=O)c1nnn(-c2ccccc2F)c1C. The summed E-state index contributed by atoms with van der Waals surface area (Å²) in [6.07, 6.45) is 0. The molecule has 0 aliphatic carbocycles. The van der Waals surface area contributed by atoms with Crippen molar-refractivity contribution in [2.75, 3.05) is 7.11 Å². The number of methoxy groups -OCH3 is 1. The molecule has 0 fully saturated rings. The van der Waals surface area contributed by atoms with E-state index in [0.717, 1.165) is 0 Å². The molecule has 0 amide bonds. The van der Waals surface area contributed by atoms with Crippen LogP contribution >= 0.6 is 0 Å². The molecule has 0 aliphatic heterocycles. The molecule has 2 rings (SSSR count). The average molecular weight is 235 g/mol. The van der Waals surface area contributed by atoms with Gasteiger partial charge in [0.2, 0.25) is 0 Å². The van der Waals surface area contributed by atoms with Crippen molar-refractivity contribution in [3.05, 3.63) is 41.5 Å². The molecule has 88 valence electrons. The van der Waals surface area contributed by atoms with Crippen LogP contribution in [0.5, 0.6) is 0 Å². The van der Waals surface area contributed by atoms with Gasteiger partial charge in [0.25, 0.3) is 0 Å². The summed E-state index contributed by atoms with van der Waals surface area (Å²) >= 11 is 0. The van der Waals surface area contributed by atoms with Crippen LogP contribution in [0.4, 0.5) is 4.39 Å². The van der Waals surface area contributed by atoms with Gasteiger partial charge >= 0.3 is 5.97 Å². The van der Waals surface area contributed by atoms with E-state index >= 15 is 0 Å². The number of esters is 1. The average Bonchev–Trinajstić information content (AvgIpc) is 2.71. The van der Waals surface area contributed by atoms with Crippen molar-refractivity contribution in [1.29, 1.82) is 0 Å². The van der Waals surface area contributed by atoms with Crippen molar-refractivity contribution in [2.45, 2.75) is 6.92 Å². The number of carbonyl (C=O) groups is 1. The molecule has 5 nitrogen and oxygen atoms in total. The van der Waals surface area contributed by atoms with Crippen LogP contribution < -0.4 is 0 Å². The number of ether oxygens (including phenoxy) is 1. The summed E-state index contributed by atoms with van der Waals surface area (Å²) in [6.45, 7) is 1.62. The monoisotopic (exact) mass is 235 g/mol. The van der Waals surface area contributed by atoms with Gasteiger partial charge in [-0.2, -0.15) is 0 Å². The van der Waals surface area contributed by atoms with E-state index in [1.54, 1.807) is 25.1 Å². The molecule has 0 aliphatic rings. The van der Waals surface area contributed by atoms with Gasteiger partial charge < -0.3 is 4.74 Å². The van der Waals surface area contributed by atoms with Gasteiger partial charge in [0.1, 0.15) is 11.5 Å². The summed E-state index contributed by atoms with van der Waals surface area (Å²) < 4.78 is 19.4. The van der Waals surface area contributed by atoms with Crippen molar-refractivity contribution in [3.63, 3.8) is 0 Å². The Kier molecular flexibility index (Phi) is 2.86. The molecule has 0 atom stereocenters. The Labute approximate surface area is 96.8 Å². The fourth-order valence-corrected chi connectivity index (χ4v) is 1.47. The first-order valence-electron chi connectivity index (χ1n) is 4.90. The Morgan fingerprint density at radius 2 is 2.12 bits per heavy atom. The number of hydrogen-bond acceptors (Lipinski definition) is 4.